The number of amides is 4. The van der Waals surface area contributed by atoms with Gasteiger partial charge in [0.05, 0.1) is 18.5 Å². The van der Waals surface area contributed by atoms with Crippen LogP contribution in [0.3, 0.4) is 0 Å². The first-order chi connectivity index (χ1) is 24.7. The minimum absolute atomic E-state index is 0.00223. The van der Waals surface area contributed by atoms with Gasteiger partial charge < -0.3 is 35.3 Å². The third-order valence-corrected chi connectivity index (χ3v) is 9.26. The van der Waals surface area contributed by atoms with Crippen molar-refractivity contribution < 1.29 is 28.7 Å². The Bertz CT molecular complexity index is 1140. The number of carbonyl (C=O) groups excluding carboxylic acids is 4. The topological polar surface area (TPSA) is 153 Å². The SMILES string of the molecule is CC(C)(C)OC[C@H](NC(=O)CCCCCCCCCCn1ccnc1)C(=O)N[C@@H](CCCCNC(=O)OC(C)(C)C)C(=O)NCCC1CCCCC1. The zero-order chi connectivity index (χ0) is 38.2. The molecule has 12 nitrogen and oxygen atoms in total. The summed E-state index contributed by atoms with van der Waals surface area (Å²) in [7, 11) is 0. The molecule has 0 radical (unpaired) electrons. The fraction of sp³-hybridized carbons (Fsp3) is 0.825. The number of hydrogen-bond acceptors (Lipinski definition) is 7. The molecule has 4 amide bonds. The molecular weight excluding hydrogens is 660 g/mol. The number of unbranched alkanes of at least 4 members (excludes halogenated alkanes) is 8. The molecule has 0 saturated heterocycles. The normalized spacial score (nSPS) is 15.0. The van der Waals surface area contributed by atoms with Crippen LogP contribution in [0.4, 0.5) is 4.79 Å². The number of imidazole rings is 1. The van der Waals surface area contributed by atoms with E-state index in [1.54, 1.807) is 0 Å². The highest BCUT2D eigenvalue weighted by molar-refractivity contribution is 5.92. The number of aryl methyl sites for hydroxylation is 1. The fourth-order valence-corrected chi connectivity index (χ4v) is 6.36. The molecule has 1 fully saturated rings. The van der Waals surface area contributed by atoms with E-state index in [-0.39, 0.29) is 18.4 Å². The smallest absolute Gasteiger partial charge is 0.407 e. The summed E-state index contributed by atoms with van der Waals surface area (Å²) in [6.07, 6.45) is 22.9. The van der Waals surface area contributed by atoms with E-state index in [2.05, 4.69) is 30.8 Å². The number of hydrogen-bond donors (Lipinski definition) is 4. The molecule has 12 heteroatoms. The Morgan fingerprint density at radius 2 is 1.42 bits per heavy atom. The Morgan fingerprint density at radius 1 is 0.750 bits per heavy atom. The van der Waals surface area contributed by atoms with Gasteiger partial charge in [0.1, 0.15) is 17.7 Å². The average Bonchev–Trinajstić information content (AvgIpc) is 3.59. The quantitative estimate of drug-likeness (QED) is 0.0794. The predicted molar refractivity (Wildman–Crippen MR) is 206 cm³/mol. The number of rotatable bonds is 25. The second-order valence-electron chi connectivity index (χ2n) is 16.5. The first kappa shape index (κ1) is 45.0. The molecule has 1 aliphatic carbocycles. The van der Waals surface area contributed by atoms with Crippen LogP contribution in [0.2, 0.25) is 0 Å². The Labute approximate surface area is 314 Å². The Morgan fingerprint density at radius 3 is 2.06 bits per heavy atom. The van der Waals surface area contributed by atoms with Crippen molar-refractivity contribution in [3.63, 3.8) is 0 Å². The molecule has 0 aliphatic heterocycles. The van der Waals surface area contributed by atoms with E-state index in [1.165, 1.54) is 51.4 Å². The van der Waals surface area contributed by atoms with Crippen molar-refractivity contribution in [2.45, 2.75) is 187 Å². The maximum atomic E-state index is 13.7. The Balaban J connectivity index is 1.85. The van der Waals surface area contributed by atoms with Crippen molar-refractivity contribution >= 4 is 23.8 Å². The van der Waals surface area contributed by atoms with E-state index >= 15 is 0 Å². The molecule has 4 N–H and O–H groups in total. The molecule has 1 saturated carbocycles. The molecule has 0 bridgehead atoms. The van der Waals surface area contributed by atoms with Crippen molar-refractivity contribution in [3.8, 4) is 0 Å². The highest BCUT2D eigenvalue weighted by atomic mass is 16.6. The molecule has 298 valence electrons. The van der Waals surface area contributed by atoms with Crippen molar-refractivity contribution in [2.75, 3.05) is 19.7 Å². The summed E-state index contributed by atoms with van der Waals surface area (Å²) in [6, 6.07) is -1.71. The van der Waals surface area contributed by atoms with Gasteiger partial charge in [0.25, 0.3) is 0 Å². The lowest BCUT2D eigenvalue weighted by atomic mass is 9.87. The van der Waals surface area contributed by atoms with Crippen molar-refractivity contribution in [1.82, 2.24) is 30.8 Å². The first-order valence-corrected chi connectivity index (χ1v) is 20.2. The summed E-state index contributed by atoms with van der Waals surface area (Å²) in [5.41, 5.74) is -1.10. The van der Waals surface area contributed by atoms with Crippen LogP contribution in [0.5, 0.6) is 0 Å². The molecule has 1 heterocycles. The summed E-state index contributed by atoms with van der Waals surface area (Å²) in [5.74, 6) is -0.244. The van der Waals surface area contributed by atoms with Crippen LogP contribution in [-0.2, 0) is 30.4 Å². The molecule has 1 aliphatic rings. The number of ether oxygens (including phenoxy) is 2. The first-order valence-electron chi connectivity index (χ1n) is 20.2. The van der Waals surface area contributed by atoms with Crippen LogP contribution in [0.1, 0.15) is 157 Å². The maximum Gasteiger partial charge on any atom is 0.407 e. The number of nitrogens with one attached hydrogen (secondary N) is 4. The van der Waals surface area contributed by atoms with Crippen LogP contribution < -0.4 is 21.3 Å². The molecule has 52 heavy (non-hydrogen) atoms. The molecule has 1 aromatic rings. The highest BCUT2D eigenvalue weighted by Crippen LogP contribution is 2.25. The van der Waals surface area contributed by atoms with E-state index in [4.69, 9.17) is 9.47 Å². The molecule has 0 spiro atoms. The second kappa shape index (κ2) is 25.0. The molecule has 2 atom stereocenters. The van der Waals surface area contributed by atoms with E-state index in [0.717, 1.165) is 45.1 Å². The second-order valence-corrected chi connectivity index (χ2v) is 16.5. The van der Waals surface area contributed by atoms with Gasteiger partial charge in [-0.3, -0.25) is 14.4 Å². The molecule has 0 aromatic carbocycles. The van der Waals surface area contributed by atoms with E-state index in [9.17, 15) is 19.2 Å². The maximum absolute atomic E-state index is 13.7. The predicted octanol–water partition coefficient (Wildman–Crippen LogP) is 6.96. The minimum atomic E-state index is -0.930. The number of alkyl carbamates (subject to hydrolysis) is 1. The van der Waals surface area contributed by atoms with E-state index < -0.39 is 35.3 Å². The van der Waals surface area contributed by atoms with Crippen molar-refractivity contribution in [2.24, 2.45) is 5.92 Å². The fourth-order valence-electron chi connectivity index (χ4n) is 6.36. The van der Waals surface area contributed by atoms with Gasteiger partial charge in [0, 0.05) is 38.4 Å². The summed E-state index contributed by atoms with van der Waals surface area (Å²) < 4.78 is 13.4. The standard InChI is InChI=1S/C40H72N6O6/c1-39(2,3)51-30-34(44-35(47)23-16-11-9-7-8-10-12-19-28-46-29-27-41-31-46)37(49)45-33(22-17-18-25-43-38(50)52-40(4,5)6)36(48)42-26-24-32-20-14-13-15-21-32/h27,29,31-34H,7-26,28,30H2,1-6H3,(H,42,48)(H,43,50)(H,44,47)(H,45,49)/t33-,34-/m0/s1. The van der Waals surface area contributed by atoms with Gasteiger partial charge in [-0.15, -0.1) is 0 Å². The lowest BCUT2D eigenvalue weighted by Gasteiger charge is -2.27. The molecule has 2 rings (SSSR count). The van der Waals surface area contributed by atoms with Crippen LogP contribution in [0.15, 0.2) is 18.7 Å². The van der Waals surface area contributed by atoms with Gasteiger partial charge in [0.15, 0.2) is 0 Å². The van der Waals surface area contributed by atoms with Gasteiger partial charge in [-0.2, -0.15) is 0 Å². The third kappa shape index (κ3) is 22.7. The summed E-state index contributed by atoms with van der Waals surface area (Å²) in [5, 5.41) is 11.6. The van der Waals surface area contributed by atoms with Gasteiger partial charge in [-0.05, 0) is 86.0 Å². The van der Waals surface area contributed by atoms with Gasteiger partial charge in [-0.1, -0.05) is 70.6 Å². The van der Waals surface area contributed by atoms with Gasteiger partial charge in [0.2, 0.25) is 17.7 Å². The number of nitrogens with zero attached hydrogens (tertiary/aromatic N) is 2. The number of aromatic nitrogens is 2. The molecular formula is C40H72N6O6. The van der Waals surface area contributed by atoms with Gasteiger partial charge in [-0.25, -0.2) is 9.78 Å². The summed E-state index contributed by atoms with van der Waals surface area (Å²) in [6.45, 7) is 13.1. The van der Waals surface area contributed by atoms with Crippen LogP contribution >= 0.6 is 0 Å². The Kier molecular flexibility index (Phi) is 21.6. The lowest BCUT2D eigenvalue weighted by Crippen LogP contribution is -2.55. The zero-order valence-electron chi connectivity index (χ0n) is 33.4. The molecule has 1 aromatic heterocycles. The summed E-state index contributed by atoms with van der Waals surface area (Å²) in [4.78, 5) is 56.2. The lowest BCUT2D eigenvalue weighted by molar-refractivity contribution is -0.135. The van der Waals surface area contributed by atoms with Crippen LogP contribution in [-0.4, -0.2) is 76.3 Å². The number of carbonyl (C=O) groups is 4. The Hall–Kier alpha value is -3.15. The minimum Gasteiger partial charge on any atom is -0.444 e. The average molecular weight is 733 g/mol. The van der Waals surface area contributed by atoms with Gasteiger partial charge >= 0.3 is 6.09 Å². The summed E-state index contributed by atoms with van der Waals surface area (Å²) >= 11 is 0. The van der Waals surface area contributed by atoms with E-state index in [1.807, 2.05) is 60.3 Å². The van der Waals surface area contributed by atoms with Crippen LogP contribution in [0.25, 0.3) is 0 Å². The highest BCUT2D eigenvalue weighted by Gasteiger charge is 2.28. The third-order valence-electron chi connectivity index (χ3n) is 9.26. The molecule has 0 unspecified atom stereocenters. The largest absolute Gasteiger partial charge is 0.444 e. The van der Waals surface area contributed by atoms with Crippen molar-refractivity contribution in [3.05, 3.63) is 18.7 Å². The van der Waals surface area contributed by atoms with Crippen molar-refractivity contribution in [1.29, 1.82) is 0 Å². The monoisotopic (exact) mass is 733 g/mol. The van der Waals surface area contributed by atoms with E-state index in [0.29, 0.717) is 44.7 Å². The zero-order valence-corrected chi connectivity index (χ0v) is 33.4. The van der Waals surface area contributed by atoms with Crippen LogP contribution in [0, 0.1) is 5.92 Å².